The quantitative estimate of drug-likeness (QED) is 0.369. The van der Waals surface area contributed by atoms with Crippen LogP contribution in [0.3, 0.4) is 0 Å². The third-order valence-electron chi connectivity index (χ3n) is 0.316. The Bertz CT molecular complexity index is 20.4. The van der Waals surface area contributed by atoms with Gasteiger partial charge >= 0.3 is 29.6 Å². The maximum atomic E-state index is 7.91. The summed E-state index contributed by atoms with van der Waals surface area (Å²) in [5, 5.41) is 15.8. The third kappa shape index (κ3) is 19.0. The van der Waals surface area contributed by atoms with Gasteiger partial charge in [-0.2, -0.15) is 0 Å². The maximum Gasteiger partial charge on any atom is 1.00 e. The fraction of sp³-hybridized carbons (Fsp3) is 1.00. The van der Waals surface area contributed by atoms with Crippen LogP contribution in [0.4, 0.5) is 0 Å². The summed E-state index contributed by atoms with van der Waals surface area (Å²) in [6, 6.07) is 0. The van der Waals surface area contributed by atoms with E-state index in [1.54, 1.807) is 0 Å². The van der Waals surface area contributed by atoms with E-state index < -0.39 is 0 Å². The second-order valence-electron chi connectivity index (χ2n) is 0.801. The van der Waals surface area contributed by atoms with E-state index in [-0.39, 0.29) is 55.2 Å². The number of rotatable bonds is 2. The minimum atomic E-state index is 0. The first-order valence-corrected chi connectivity index (χ1v) is 1.63. The molecule has 0 fully saturated rings. The summed E-state index contributed by atoms with van der Waals surface area (Å²) in [7, 11) is 0. The number of aliphatic hydroxyl groups excluding tert-OH is 2. The molecule has 2 nitrogen and oxygen atoms in total. The average Bonchev–Trinajstić information content (AvgIpc) is 1.41. The zero-order valence-corrected chi connectivity index (χ0v) is 7.15. The minimum Gasteiger partial charge on any atom is -1.00 e. The second kappa shape index (κ2) is 15.7. The predicted octanol–water partition coefficient (Wildman–Crippen LogP) is -6.63. The molecule has 2 N–H and O–H groups in total. The van der Waals surface area contributed by atoms with Crippen LogP contribution in [-0.2, 0) is 0 Å². The topological polar surface area (TPSA) is 40.5 Å². The van der Waals surface area contributed by atoms with Crippen LogP contribution in [0.15, 0.2) is 0 Å². The van der Waals surface area contributed by atoms with Crippen molar-refractivity contribution in [3.63, 3.8) is 0 Å². The average molecular weight is 135 g/mol. The fourth-order valence-corrected chi connectivity index (χ4v) is 0.0707. The molecule has 0 aliphatic rings. The summed E-state index contributed by atoms with van der Waals surface area (Å²) in [5.41, 5.74) is 0. The number of halogens is 1. The van der Waals surface area contributed by atoms with Crippen molar-refractivity contribution < 1.29 is 52.2 Å². The van der Waals surface area contributed by atoms with Crippen LogP contribution in [0.1, 0.15) is 6.42 Å². The first kappa shape index (κ1) is 15.7. The molecule has 0 saturated heterocycles. The summed E-state index contributed by atoms with van der Waals surface area (Å²) in [6.07, 6.45) is 0.500. The van der Waals surface area contributed by atoms with Crippen molar-refractivity contribution in [3.8, 4) is 0 Å². The molecule has 0 aromatic carbocycles. The van der Waals surface area contributed by atoms with E-state index in [0.717, 1.165) is 0 Å². The Morgan fingerprint density at radius 3 is 1.29 bits per heavy atom. The third-order valence-corrected chi connectivity index (χ3v) is 0.316. The van der Waals surface area contributed by atoms with Gasteiger partial charge in [0.15, 0.2) is 0 Å². The van der Waals surface area contributed by atoms with Crippen molar-refractivity contribution in [3.05, 3.63) is 0 Å². The SMILES string of the molecule is OCCCO.[Cl-].[Na+]. The molecule has 0 bridgehead atoms. The molecule has 0 saturated carbocycles. The van der Waals surface area contributed by atoms with Crippen molar-refractivity contribution in [1.29, 1.82) is 0 Å². The van der Waals surface area contributed by atoms with Gasteiger partial charge in [-0.1, -0.05) is 0 Å². The smallest absolute Gasteiger partial charge is 1.00 e. The van der Waals surface area contributed by atoms with E-state index in [0.29, 0.717) is 6.42 Å². The zero-order valence-electron chi connectivity index (χ0n) is 4.39. The van der Waals surface area contributed by atoms with E-state index >= 15 is 0 Å². The van der Waals surface area contributed by atoms with Crippen LogP contribution >= 0.6 is 0 Å². The van der Waals surface area contributed by atoms with Crippen LogP contribution in [0, 0.1) is 0 Å². The Kier molecular flexibility index (Phi) is 35.2. The van der Waals surface area contributed by atoms with Crippen molar-refractivity contribution in [1.82, 2.24) is 0 Å². The van der Waals surface area contributed by atoms with E-state index in [9.17, 15) is 0 Å². The van der Waals surface area contributed by atoms with Gasteiger partial charge in [0, 0.05) is 13.2 Å². The van der Waals surface area contributed by atoms with Gasteiger partial charge in [-0.25, -0.2) is 0 Å². The normalized spacial score (nSPS) is 6.00. The molecule has 0 amide bonds. The molecule has 0 radical (unpaired) electrons. The van der Waals surface area contributed by atoms with Crippen LogP contribution in [0.5, 0.6) is 0 Å². The monoisotopic (exact) mass is 134 g/mol. The largest absolute Gasteiger partial charge is 1.00 e. The first-order chi connectivity index (χ1) is 2.41. The number of hydrogen-bond donors (Lipinski definition) is 2. The van der Waals surface area contributed by atoms with Gasteiger partial charge in [0.05, 0.1) is 0 Å². The molecular weight excluding hydrogens is 126 g/mol. The summed E-state index contributed by atoms with van der Waals surface area (Å²) in [6.45, 7) is 0.188. The molecular formula is C3H8ClNaO2. The van der Waals surface area contributed by atoms with Crippen molar-refractivity contribution in [2.24, 2.45) is 0 Å². The van der Waals surface area contributed by atoms with Crippen molar-refractivity contribution in [2.75, 3.05) is 13.2 Å². The molecule has 0 aliphatic heterocycles. The molecule has 0 aliphatic carbocycles. The maximum absolute atomic E-state index is 7.91. The van der Waals surface area contributed by atoms with E-state index in [1.807, 2.05) is 0 Å². The zero-order chi connectivity index (χ0) is 4.12. The van der Waals surface area contributed by atoms with Crippen LogP contribution in [0.25, 0.3) is 0 Å². The van der Waals surface area contributed by atoms with Gasteiger partial charge in [-0.15, -0.1) is 0 Å². The van der Waals surface area contributed by atoms with Gasteiger partial charge < -0.3 is 22.6 Å². The summed E-state index contributed by atoms with van der Waals surface area (Å²) < 4.78 is 0. The Morgan fingerprint density at radius 2 is 1.29 bits per heavy atom. The molecule has 0 aromatic rings. The van der Waals surface area contributed by atoms with Crippen LogP contribution in [-0.4, -0.2) is 23.4 Å². The Balaban J connectivity index is -0.0000000800. The van der Waals surface area contributed by atoms with Gasteiger partial charge in [0.2, 0.25) is 0 Å². The predicted molar refractivity (Wildman–Crippen MR) is 18.8 cm³/mol. The summed E-state index contributed by atoms with van der Waals surface area (Å²) in [5.74, 6) is 0. The van der Waals surface area contributed by atoms with Gasteiger partial charge in [-0.3, -0.25) is 0 Å². The summed E-state index contributed by atoms with van der Waals surface area (Å²) >= 11 is 0. The van der Waals surface area contributed by atoms with E-state index in [1.165, 1.54) is 0 Å². The van der Waals surface area contributed by atoms with E-state index in [4.69, 9.17) is 10.2 Å². The Hall–Kier alpha value is 1.21. The van der Waals surface area contributed by atoms with Gasteiger partial charge in [0.1, 0.15) is 0 Å². The van der Waals surface area contributed by atoms with E-state index in [2.05, 4.69) is 0 Å². The first-order valence-electron chi connectivity index (χ1n) is 1.63. The fourth-order valence-electron chi connectivity index (χ4n) is 0.0707. The molecule has 0 unspecified atom stereocenters. The summed E-state index contributed by atoms with van der Waals surface area (Å²) in [4.78, 5) is 0. The molecule has 0 aromatic heterocycles. The molecule has 0 rings (SSSR count). The molecule has 40 valence electrons. The Labute approximate surface area is 71.6 Å². The number of aliphatic hydroxyl groups is 2. The molecule has 0 heterocycles. The minimum absolute atomic E-state index is 0. The Morgan fingerprint density at radius 1 is 1.00 bits per heavy atom. The van der Waals surface area contributed by atoms with Gasteiger partial charge in [-0.05, 0) is 6.42 Å². The molecule has 0 spiro atoms. The van der Waals surface area contributed by atoms with Crippen molar-refractivity contribution in [2.45, 2.75) is 6.42 Å². The molecule has 0 atom stereocenters. The van der Waals surface area contributed by atoms with Gasteiger partial charge in [0.25, 0.3) is 0 Å². The van der Waals surface area contributed by atoms with Crippen molar-refractivity contribution >= 4 is 0 Å². The van der Waals surface area contributed by atoms with Crippen LogP contribution < -0.4 is 42.0 Å². The van der Waals surface area contributed by atoms with Crippen LogP contribution in [0.2, 0.25) is 0 Å². The standard InChI is InChI=1S/C3H8O2.ClH.Na/c4-2-1-3-5;;/h4-5H,1-3H2;1H;/q;;+1/p-1. The number of hydrogen-bond acceptors (Lipinski definition) is 2. The molecule has 7 heavy (non-hydrogen) atoms. The second-order valence-corrected chi connectivity index (χ2v) is 0.801. The molecule has 4 heteroatoms.